The summed E-state index contributed by atoms with van der Waals surface area (Å²) in [6.07, 6.45) is 10.4. The molecule has 14 nitrogen and oxygen atoms in total. The van der Waals surface area contributed by atoms with Crippen molar-refractivity contribution in [1.29, 1.82) is 0 Å². The van der Waals surface area contributed by atoms with Crippen molar-refractivity contribution in [3.8, 4) is 17.2 Å². The predicted molar refractivity (Wildman–Crippen MR) is 215 cm³/mol. The summed E-state index contributed by atoms with van der Waals surface area (Å²) in [5, 5.41) is 3.64. The molecule has 5 aromatic heterocycles. The molecule has 2 fully saturated rings. The van der Waals surface area contributed by atoms with Crippen LogP contribution in [0, 0.1) is 0 Å². The topological polar surface area (TPSA) is 155 Å². The van der Waals surface area contributed by atoms with E-state index < -0.39 is 0 Å². The molecule has 7 rings (SSSR count). The van der Waals surface area contributed by atoms with Crippen LogP contribution in [0.2, 0.25) is 0 Å². The molecule has 0 aliphatic carbocycles. The van der Waals surface area contributed by atoms with Crippen molar-refractivity contribution in [3.63, 3.8) is 0 Å². The summed E-state index contributed by atoms with van der Waals surface area (Å²) in [7, 11) is 4.92. The first-order valence-corrected chi connectivity index (χ1v) is 19.3. The minimum absolute atomic E-state index is 0.00346. The SMILES string of the molecule is CCc1cnc(CNC2CCN(CCn3c(=O)ccc4ncc(OC)cc43)CC2)cc1OC.COc1cnc2ccc(=O)n(CCN3CCC(N)CC3)c2c1. The number of hydrogen-bond donors (Lipinski definition) is 2. The van der Waals surface area contributed by atoms with Gasteiger partial charge in [0.25, 0.3) is 11.1 Å². The van der Waals surface area contributed by atoms with Crippen LogP contribution in [0.1, 0.15) is 43.9 Å². The average molecular weight is 754 g/mol. The van der Waals surface area contributed by atoms with E-state index in [0.717, 1.165) is 117 Å². The molecular weight excluding hydrogens is 699 g/mol. The van der Waals surface area contributed by atoms with Crippen molar-refractivity contribution in [3.05, 3.63) is 93.0 Å². The van der Waals surface area contributed by atoms with Gasteiger partial charge in [0.2, 0.25) is 0 Å². The monoisotopic (exact) mass is 753 g/mol. The van der Waals surface area contributed by atoms with Crippen LogP contribution in [-0.2, 0) is 26.1 Å². The highest BCUT2D eigenvalue weighted by Crippen LogP contribution is 2.21. The molecule has 0 radical (unpaired) electrons. The largest absolute Gasteiger partial charge is 0.496 e. The number of rotatable bonds is 13. The van der Waals surface area contributed by atoms with Crippen LogP contribution in [0.4, 0.5) is 0 Å². The Balaban J connectivity index is 0.000000203. The number of hydrogen-bond acceptors (Lipinski definition) is 12. The lowest BCUT2D eigenvalue weighted by atomic mass is 10.0. The Hall–Kier alpha value is -4.89. The number of nitrogens with one attached hydrogen (secondary N) is 1. The third-order valence-corrected chi connectivity index (χ3v) is 10.8. The quantitative estimate of drug-likeness (QED) is 0.181. The maximum atomic E-state index is 12.5. The highest BCUT2D eigenvalue weighted by Gasteiger charge is 2.20. The Morgan fingerprint density at radius 2 is 1.22 bits per heavy atom. The van der Waals surface area contributed by atoms with Crippen LogP contribution in [0.3, 0.4) is 0 Å². The van der Waals surface area contributed by atoms with E-state index in [-0.39, 0.29) is 11.1 Å². The number of nitrogens with zero attached hydrogens (tertiary/aromatic N) is 7. The number of methoxy groups -OCH3 is 3. The van der Waals surface area contributed by atoms with Gasteiger partial charge in [-0.2, -0.15) is 0 Å². The van der Waals surface area contributed by atoms with Crippen molar-refractivity contribution < 1.29 is 14.2 Å². The average Bonchev–Trinajstić information content (AvgIpc) is 3.22. The maximum Gasteiger partial charge on any atom is 0.251 e. The summed E-state index contributed by atoms with van der Waals surface area (Å²) in [6, 6.07) is 13.3. The highest BCUT2D eigenvalue weighted by atomic mass is 16.5. The third-order valence-electron chi connectivity index (χ3n) is 10.8. The fraction of sp³-hybridized carbons (Fsp3) is 0.488. The molecule has 7 heterocycles. The first-order valence-electron chi connectivity index (χ1n) is 19.3. The molecule has 5 aromatic rings. The fourth-order valence-electron chi connectivity index (χ4n) is 7.31. The molecule has 0 atom stereocenters. The lowest BCUT2D eigenvalue weighted by Crippen LogP contribution is -2.43. The number of nitrogens with two attached hydrogens (primary N) is 1. The van der Waals surface area contributed by atoms with Crippen LogP contribution < -0.4 is 36.4 Å². The van der Waals surface area contributed by atoms with E-state index >= 15 is 0 Å². The van der Waals surface area contributed by atoms with E-state index in [9.17, 15) is 9.59 Å². The van der Waals surface area contributed by atoms with Crippen LogP contribution in [0.15, 0.2) is 70.6 Å². The normalized spacial score (nSPS) is 15.9. The summed E-state index contributed by atoms with van der Waals surface area (Å²) >= 11 is 0. The van der Waals surface area contributed by atoms with E-state index in [1.165, 1.54) is 0 Å². The zero-order valence-corrected chi connectivity index (χ0v) is 32.6. The van der Waals surface area contributed by atoms with E-state index in [4.69, 9.17) is 19.9 Å². The second-order valence-electron chi connectivity index (χ2n) is 14.2. The van der Waals surface area contributed by atoms with Gasteiger partial charge in [0.15, 0.2) is 0 Å². The molecule has 0 spiro atoms. The summed E-state index contributed by atoms with van der Waals surface area (Å²) in [4.78, 5) is 42.8. The maximum absolute atomic E-state index is 12.5. The Bertz CT molecular complexity index is 2140. The van der Waals surface area contributed by atoms with Gasteiger partial charge in [0, 0.05) is 86.9 Å². The van der Waals surface area contributed by atoms with Crippen molar-refractivity contribution >= 4 is 22.1 Å². The molecule has 294 valence electrons. The molecule has 55 heavy (non-hydrogen) atoms. The first-order chi connectivity index (χ1) is 26.8. The molecule has 3 N–H and O–H groups in total. The minimum Gasteiger partial charge on any atom is -0.496 e. The Kier molecular flexibility index (Phi) is 13.8. The zero-order valence-electron chi connectivity index (χ0n) is 32.6. The van der Waals surface area contributed by atoms with Crippen LogP contribution >= 0.6 is 0 Å². The number of pyridine rings is 5. The van der Waals surface area contributed by atoms with Crippen molar-refractivity contribution in [1.82, 2.24) is 39.2 Å². The van der Waals surface area contributed by atoms with Gasteiger partial charge in [-0.25, -0.2) is 0 Å². The second-order valence-corrected chi connectivity index (χ2v) is 14.2. The van der Waals surface area contributed by atoms with Crippen molar-refractivity contribution in [2.24, 2.45) is 5.73 Å². The summed E-state index contributed by atoms with van der Waals surface area (Å²) in [5.74, 6) is 2.23. The zero-order chi connectivity index (χ0) is 38.7. The van der Waals surface area contributed by atoms with Gasteiger partial charge in [-0.15, -0.1) is 0 Å². The molecular formula is C41H55N9O5. The number of fused-ring (bicyclic) bond motifs is 2. The fourth-order valence-corrected chi connectivity index (χ4v) is 7.31. The van der Waals surface area contributed by atoms with Gasteiger partial charge in [-0.05, 0) is 70.4 Å². The molecule has 2 aliphatic rings. The van der Waals surface area contributed by atoms with E-state index in [0.29, 0.717) is 36.7 Å². The predicted octanol–water partition coefficient (Wildman–Crippen LogP) is 3.45. The number of aryl methyl sites for hydroxylation is 1. The molecule has 0 amide bonds. The molecule has 2 saturated heterocycles. The number of ether oxygens (including phenoxy) is 3. The number of aromatic nitrogens is 5. The molecule has 0 saturated carbocycles. The standard InChI is InChI=1S/C25H33N5O3.C16H22N4O2/c1-4-18-15-26-20(13-24(18)33-3)16-27-19-7-9-29(10-8-19)11-12-30-23-14-21(32-2)17-28-22(23)5-6-25(30)31;1-22-13-10-15-14(18-11-13)2-3-16(21)20(15)9-8-19-6-4-12(17)5-7-19/h5-6,13-15,17,19,27H,4,7-12,16H2,1-3H3;2-3,10-12H,4-9,17H2,1H3. The lowest BCUT2D eigenvalue weighted by molar-refractivity contribution is 0.191. The van der Waals surface area contributed by atoms with Gasteiger partial charge >= 0.3 is 0 Å². The van der Waals surface area contributed by atoms with E-state index in [1.54, 1.807) is 67.1 Å². The molecule has 0 bridgehead atoms. The second kappa shape index (κ2) is 19.1. The summed E-state index contributed by atoms with van der Waals surface area (Å²) in [6.45, 7) is 9.83. The van der Waals surface area contributed by atoms with Gasteiger partial charge in [0.05, 0.1) is 61.5 Å². The molecule has 0 unspecified atom stereocenters. The van der Waals surface area contributed by atoms with E-state index in [2.05, 4.69) is 37.0 Å². The number of piperidine rings is 2. The van der Waals surface area contributed by atoms with Gasteiger partial charge in [0.1, 0.15) is 17.2 Å². The summed E-state index contributed by atoms with van der Waals surface area (Å²) in [5.41, 5.74) is 11.3. The highest BCUT2D eigenvalue weighted by molar-refractivity contribution is 5.76. The van der Waals surface area contributed by atoms with Gasteiger partial charge < -0.3 is 44.2 Å². The Morgan fingerprint density at radius 3 is 1.71 bits per heavy atom. The lowest BCUT2D eigenvalue weighted by Gasteiger charge is -2.32. The first kappa shape index (κ1) is 39.8. The van der Waals surface area contributed by atoms with Crippen molar-refractivity contribution in [2.45, 2.75) is 70.7 Å². The molecule has 14 heteroatoms. The Labute approximate surface area is 322 Å². The number of likely N-dealkylation sites (tertiary alicyclic amines) is 2. The Morgan fingerprint density at radius 1 is 0.691 bits per heavy atom. The molecule has 2 aliphatic heterocycles. The summed E-state index contributed by atoms with van der Waals surface area (Å²) < 4.78 is 19.6. The van der Waals surface area contributed by atoms with Crippen molar-refractivity contribution in [2.75, 3.05) is 60.6 Å². The van der Waals surface area contributed by atoms with Crippen LogP contribution in [0.25, 0.3) is 22.1 Å². The van der Waals surface area contributed by atoms with Gasteiger partial charge in [-0.3, -0.25) is 24.5 Å². The van der Waals surface area contributed by atoms with E-state index in [1.807, 2.05) is 24.4 Å². The smallest absolute Gasteiger partial charge is 0.251 e. The molecule has 0 aromatic carbocycles. The van der Waals surface area contributed by atoms with Crippen LogP contribution in [-0.4, -0.2) is 107 Å². The van der Waals surface area contributed by atoms with Crippen LogP contribution in [0.5, 0.6) is 17.2 Å². The van der Waals surface area contributed by atoms with Gasteiger partial charge in [-0.1, -0.05) is 6.92 Å². The minimum atomic E-state index is -0.00822. The third kappa shape index (κ3) is 10.3.